The van der Waals surface area contributed by atoms with Crippen LogP contribution in [0.25, 0.3) is 0 Å². The highest BCUT2D eigenvalue weighted by molar-refractivity contribution is 5.31. The normalized spacial score (nSPS) is 22.0. The summed E-state index contributed by atoms with van der Waals surface area (Å²) in [5.74, 6) is -0.401. The summed E-state index contributed by atoms with van der Waals surface area (Å²) in [6.45, 7) is -3.30. The van der Waals surface area contributed by atoms with Crippen LogP contribution in [-0.4, -0.2) is 13.3 Å². The summed E-state index contributed by atoms with van der Waals surface area (Å²) in [7, 11) is 0. The van der Waals surface area contributed by atoms with E-state index in [9.17, 15) is 17.6 Å². The summed E-state index contributed by atoms with van der Waals surface area (Å²) >= 11 is 0. The van der Waals surface area contributed by atoms with E-state index < -0.39 is 18.2 Å². The Kier molecular flexibility index (Phi) is 6.93. The molecule has 0 radical (unpaired) electrons. The van der Waals surface area contributed by atoms with Gasteiger partial charge in [-0.05, 0) is 68.1 Å². The minimum atomic E-state index is -3.02. The Balaban J connectivity index is 1.87. The third-order valence-electron chi connectivity index (χ3n) is 4.33. The highest BCUT2D eigenvalue weighted by Crippen LogP contribution is 2.37. The molecular formula is C18H22F4O. The molecule has 1 aliphatic rings. The smallest absolute Gasteiger partial charge is 0.387 e. The lowest BCUT2D eigenvalue weighted by molar-refractivity contribution is -0.0522. The van der Waals surface area contributed by atoms with Crippen molar-refractivity contribution in [1.82, 2.24) is 0 Å². The molecule has 1 aliphatic carbocycles. The van der Waals surface area contributed by atoms with Crippen LogP contribution in [-0.2, 0) is 0 Å². The van der Waals surface area contributed by atoms with Gasteiger partial charge >= 0.3 is 6.61 Å². The van der Waals surface area contributed by atoms with Crippen LogP contribution >= 0.6 is 0 Å². The molecule has 1 aromatic carbocycles. The van der Waals surface area contributed by atoms with Crippen LogP contribution in [0.1, 0.15) is 50.0 Å². The zero-order valence-corrected chi connectivity index (χ0v) is 13.0. The monoisotopic (exact) mass is 330 g/mol. The van der Waals surface area contributed by atoms with Gasteiger partial charge in [0.1, 0.15) is 0 Å². The fraction of sp³-hybridized carbons (Fsp3) is 0.556. The van der Waals surface area contributed by atoms with Crippen molar-refractivity contribution in [2.75, 3.05) is 6.67 Å². The van der Waals surface area contributed by atoms with Gasteiger partial charge in [0.15, 0.2) is 11.6 Å². The van der Waals surface area contributed by atoms with E-state index in [1.165, 1.54) is 12.1 Å². The minimum Gasteiger partial charge on any atom is -0.432 e. The Morgan fingerprint density at radius 2 is 1.91 bits per heavy atom. The van der Waals surface area contributed by atoms with Gasteiger partial charge in [0.25, 0.3) is 0 Å². The summed E-state index contributed by atoms with van der Waals surface area (Å²) in [5.41, 5.74) is 0.837. The predicted octanol–water partition coefficient (Wildman–Crippen LogP) is 6.01. The van der Waals surface area contributed by atoms with Gasteiger partial charge in [-0.15, -0.1) is 0 Å². The van der Waals surface area contributed by atoms with E-state index in [0.717, 1.165) is 37.7 Å². The molecule has 0 atom stereocenters. The molecule has 2 rings (SSSR count). The van der Waals surface area contributed by atoms with E-state index in [0.29, 0.717) is 12.3 Å². The van der Waals surface area contributed by atoms with Crippen molar-refractivity contribution in [2.24, 2.45) is 5.92 Å². The molecule has 1 aromatic rings. The number of benzene rings is 1. The van der Waals surface area contributed by atoms with Crippen LogP contribution in [0.3, 0.4) is 0 Å². The predicted molar refractivity (Wildman–Crippen MR) is 82.1 cm³/mol. The third-order valence-corrected chi connectivity index (χ3v) is 4.33. The second-order valence-corrected chi connectivity index (χ2v) is 5.94. The van der Waals surface area contributed by atoms with E-state index in [4.69, 9.17) is 0 Å². The first kappa shape index (κ1) is 17.8. The molecule has 0 aliphatic heterocycles. The lowest BCUT2D eigenvalue weighted by atomic mass is 9.78. The van der Waals surface area contributed by atoms with Gasteiger partial charge in [-0.1, -0.05) is 18.2 Å². The molecule has 128 valence electrons. The molecule has 0 unspecified atom stereocenters. The number of halogens is 4. The average molecular weight is 330 g/mol. The molecule has 0 aromatic heterocycles. The molecule has 0 bridgehead atoms. The van der Waals surface area contributed by atoms with E-state index in [1.807, 2.05) is 6.08 Å². The fourth-order valence-electron chi connectivity index (χ4n) is 3.09. The Labute approximate surface area is 134 Å². The van der Waals surface area contributed by atoms with Crippen molar-refractivity contribution in [3.05, 3.63) is 41.7 Å². The van der Waals surface area contributed by atoms with Crippen LogP contribution in [0.15, 0.2) is 30.4 Å². The van der Waals surface area contributed by atoms with E-state index in [-0.39, 0.29) is 12.6 Å². The second-order valence-electron chi connectivity index (χ2n) is 5.94. The number of alkyl halides is 3. The molecule has 0 N–H and O–H groups in total. The molecule has 0 amide bonds. The van der Waals surface area contributed by atoms with Crippen molar-refractivity contribution >= 4 is 0 Å². The van der Waals surface area contributed by atoms with Crippen LogP contribution in [0.5, 0.6) is 5.75 Å². The van der Waals surface area contributed by atoms with E-state index in [2.05, 4.69) is 10.8 Å². The number of hydrogen-bond acceptors (Lipinski definition) is 1. The zero-order chi connectivity index (χ0) is 16.7. The molecule has 0 saturated heterocycles. The van der Waals surface area contributed by atoms with Gasteiger partial charge in [0.05, 0.1) is 6.67 Å². The highest BCUT2D eigenvalue weighted by atomic mass is 19.3. The van der Waals surface area contributed by atoms with Crippen molar-refractivity contribution in [2.45, 2.75) is 51.1 Å². The molecule has 1 fully saturated rings. The van der Waals surface area contributed by atoms with Crippen LogP contribution < -0.4 is 4.74 Å². The maximum atomic E-state index is 13.8. The van der Waals surface area contributed by atoms with Crippen LogP contribution in [0.4, 0.5) is 17.6 Å². The first-order valence-corrected chi connectivity index (χ1v) is 8.07. The van der Waals surface area contributed by atoms with Crippen molar-refractivity contribution < 1.29 is 22.3 Å². The Bertz CT molecular complexity index is 508. The zero-order valence-electron chi connectivity index (χ0n) is 13.0. The molecule has 23 heavy (non-hydrogen) atoms. The molecule has 1 saturated carbocycles. The molecule has 5 heteroatoms. The topological polar surface area (TPSA) is 9.23 Å². The molecule has 0 spiro atoms. The van der Waals surface area contributed by atoms with Gasteiger partial charge in [0.2, 0.25) is 0 Å². The summed E-state index contributed by atoms with van der Waals surface area (Å²) in [6.07, 6.45) is 9.43. The molecule has 1 nitrogen and oxygen atoms in total. The van der Waals surface area contributed by atoms with Crippen molar-refractivity contribution in [1.29, 1.82) is 0 Å². The van der Waals surface area contributed by atoms with Crippen molar-refractivity contribution in [3.8, 4) is 5.75 Å². The quantitative estimate of drug-likeness (QED) is 0.338. The summed E-state index contributed by atoms with van der Waals surface area (Å²) in [6, 6.07) is 4.25. The van der Waals surface area contributed by atoms with Gasteiger partial charge < -0.3 is 4.74 Å². The van der Waals surface area contributed by atoms with Gasteiger partial charge in [0, 0.05) is 0 Å². The first-order chi connectivity index (χ1) is 11.1. The largest absolute Gasteiger partial charge is 0.432 e. The van der Waals surface area contributed by atoms with E-state index >= 15 is 0 Å². The van der Waals surface area contributed by atoms with E-state index in [1.54, 1.807) is 6.07 Å². The maximum absolute atomic E-state index is 13.8. The Morgan fingerprint density at radius 3 is 2.52 bits per heavy atom. The summed E-state index contributed by atoms with van der Waals surface area (Å²) < 4.78 is 54.2. The standard InChI is InChI=1S/C18H22F4O/c19-11-3-1-2-4-13-5-7-14(8-6-13)15-9-10-17(16(20)12-15)23-18(21)22/h2,4,9-10,12-14,18H,1,3,5-8,11H2/b4-2+. The summed E-state index contributed by atoms with van der Waals surface area (Å²) in [4.78, 5) is 0. The van der Waals surface area contributed by atoms with Crippen LogP contribution in [0, 0.1) is 11.7 Å². The third kappa shape index (κ3) is 5.56. The Hall–Kier alpha value is -1.52. The number of unbranched alkanes of at least 4 members (excludes halogenated alkanes) is 1. The minimum absolute atomic E-state index is 0.251. The molecule has 0 heterocycles. The molecular weight excluding hydrogens is 308 g/mol. The maximum Gasteiger partial charge on any atom is 0.387 e. The lowest BCUT2D eigenvalue weighted by Gasteiger charge is -2.27. The fourth-order valence-corrected chi connectivity index (χ4v) is 3.09. The number of ether oxygens (including phenoxy) is 1. The number of allylic oxidation sites excluding steroid dienone is 2. The van der Waals surface area contributed by atoms with Gasteiger partial charge in [-0.3, -0.25) is 4.39 Å². The Morgan fingerprint density at radius 1 is 1.17 bits per heavy atom. The average Bonchev–Trinajstić information content (AvgIpc) is 2.54. The van der Waals surface area contributed by atoms with Gasteiger partial charge in [-0.25, -0.2) is 4.39 Å². The lowest BCUT2D eigenvalue weighted by Crippen LogP contribution is -2.12. The SMILES string of the molecule is FCCC/C=C/C1CCC(c2ccc(OC(F)F)c(F)c2)CC1. The highest BCUT2D eigenvalue weighted by Gasteiger charge is 2.22. The van der Waals surface area contributed by atoms with Crippen molar-refractivity contribution in [3.63, 3.8) is 0 Å². The van der Waals surface area contributed by atoms with Gasteiger partial charge in [-0.2, -0.15) is 8.78 Å². The number of hydrogen-bond donors (Lipinski definition) is 0. The first-order valence-electron chi connectivity index (χ1n) is 8.07. The summed E-state index contributed by atoms with van der Waals surface area (Å²) in [5, 5.41) is 0. The number of rotatable bonds is 7. The second kappa shape index (κ2) is 8.94. The van der Waals surface area contributed by atoms with Crippen LogP contribution in [0.2, 0.25) is 0 Å².